The van der Waals surface area contributed by atoms with Crippen molar-refractivity contribution in [2.45, 2.75) is 6.92 Å². The Balaban J connectivity index is 1.74. The van der Waals surface area contributed by atoms with Gasteiger partial charge in [0.05, 0.1) is 22.1 Å². The summed E-state index contributed by atoms with van der Waals surface area (Å²) >= 11 is 0. The number of benzene rings is 6. The monoisotopic (exact) mass is 472 g/mol. The molecule has 0 N–H and O–H groups in total. The molecule has 8 aromatic rings. The van der Waals surface area contributed by atoms with Crippen LogP contribution in [0.25, 0.3) is 65.8 Å². The molecular formula is C35H24N2. The average Bonchev–Trinajstić information content (AvgIpc) is 3.48. The summed E-state index contributed by atoms with van der Waals surface area (Å²) in [6, 6.07) is 46.1. The minimum absolute atomic E-state index is 1.17. The third-order valence-electron chi connectivity index (χ3n) is 7.78. The summed E-state index contributed by atoms with van der Waals surface area (Å²) in [6.45, 7) is 2.26. The van der Waals surface area contributed by atoms with E-state index in [9.17, 15) is 0 Å². The van der Waals surface area contributed by atoms with Gasteiger partial charge in [-0.3, -0.25) is 0 Å². The van der Waals surface area contributed by atoms with Gasteiger partial charge < -0.3 is 9.13 Å². The van der Waals surface area contributed by atoms with E-state index >= 15 is 0 Å². The fourth-order valence-electron chi connectivity index (χ4n) is 6.29. The Hall–Kier alpha value is -4.82. The van der Waals surface area contributed by atoms with Crippen LogP contribution in [-0.4, -0.2) is 9.13 Å². The molecule has 0 unspecified atom stereocenters. The highest BCUT2D eigenvalue weighted by atomic mass is 15.0. The molecule has 0 fully saturated rings. The van der Waals surface area contributed by atoms with Crippen molar-refractivity contribution in [2.75, 3.05) is 0 Å². The maximum Gasteiger partial charge on any atom is 0.0791 e. The van der Waals surface area contributed by atoms with Crippen LogP contribution in [-0.2, 0) is 0 Å². The van der Waals surface area contributed by atoms with Crippen LogP contribution < -0.4 is 0 Å². The summed E-state index contributed by atoms with van der Waals surface area (Å²) < 4.78 is 4.95. The van der Waals surface area contributed by atoms with Gasteiger partial charge in [0.1, 0.15) is 0 Å². The van der Waals surface area contributed by atoms with Crippen molar-refractivity contribution in [1.29, 1.82) is 0 Å². The van der Waals surface area contributed by atoms with Crippen LogP contribution in [0, 0.1) is 6.92 Å². The van der Waals surface area contributed by atoms with E-state index < -0.39 is 0 Å². The van der Waals surface area contributed by atoms with Gasteiger partial charge in [0.25, 0.3) is 0 Å². The van der Waals surface area contributed by atoms with Gasteiger partial charge in [-0.2, -0.15) is 0 Å². The quantitative estimate of drug-likeness (QED) is 0.237. The third kappa shape index (κ3) is 2.75. The van der Waals surface area contributed by atoms with E-state index in [0.717, 1.165) is 0 Å². The molecule has 2 heterocycles. The topological polar surface area (TPSA) is 9.86 Å². The van der Waals surface area contributed by atoms with Crippen molar-refractivity contribution < 1.29 is 0 Å². The smallest absolute Gasteiger partial charge is 0.0791 e. The van der Waals surface area contributed by atoms with Gasteiger partial charge in [0.15, 0.2) is 0 Å². The highest BCUT2D eigenvalue weighted by Gasteiger charge is 2.23. The van der Waals surface area contributed by atoms with Gasteiger partial charge >= 0.3 is 0 Å². The van der Waals surface area contributed by atoms with Crippen LogP contribution in [0.5, 0.6) is 0 Å². The lowest BCUT2D eigenvalue weighted by Crippen LogP contribution is -1.99. The molecular weight excluding hydrogens is 448 g/mol. The average molecular weight is 473 g/mol. The summed E-state index contributed by atoms with van der Waals surface area (Å²) in [7, 11) is 0. The molecule has 2 heteroatoms. The summed E-state index contributed by atoms with van der Waals surface area (Å²) in [5.41, 5.74) is 8.65. The van der Waals surface area contributed by atoms with Gasteiger partial charge in [-0.05, 0) is 54.3 Å². The first-order valence-electron chi connectivity index (χ1n) is 12.8. The largest absolute Gasteiger partial charge is 0.307 e. The van der Waals surface area contributed by atoms with Crippen molar-refractivity contribution in [1.82, 2.24) is 9.13 Å². The van der Waals surface area contributed by atoms with Crippen LogP contribution in [0.15, 0.2) is 127 Å². The van der Waals surface area contributed by atoms with E-state index in [1.807, 2.05) is 0 Å². The predicted octanol–water partition coefficient (Wildman–Crippen LogP) is 9.34. The van der Waals surface area contributed by atoms with Crippen LogP contribution >= 0.6 is 0 Å². The van der Waals surface area contributed by atoms with Crippen LogP contribution in [0.1, 0.15) is 5.56 Å². The number of para-hydroxylation sites is 3. The lowest BCUT2D eigenvalue weighted by Gasteiger charge is -2.13. The normalized spacial score (nSPS) is 11.9. The molecule has 0 amide bonds. The molecule has 0 bridgehead atoms. The Bertz CT molecular complexity index is 2130. The maximum absolute atomic E-state index is 2.50. The summed E-state index contributed by atoms with van der Waals surface area (Å²) in [5.74, 6) is 0. The number of nitrogens with zero attached hydrogens (tertiary/aromatic N) is 2. The van der Waals surface area contributed by atoms with Gasteiger partial charge in [0.2, 0.25) is 0 Å². The second kappa shape index (κ2) is 7.59. The van der Waals surface area contributed by atoms with Gasteiger partial charge in [0, 0.05) is 38.3 Å². The molecule has 37 heavy (non-hydrogen) atoms. The van der Waals surface area contributed by atoms with Crippen LogP contribution in [0.3, 0.4) is 0 Å². The Morgan fingerprint density at radius 3 is 1.81 bits per heavy atom. The molecule has 0 radical (unpaired) electrons. The van der Waals surface area contributed by atoms with E-state index in [-0.39, 0.29) is 0 Å². The zero-order valence-corrected chi connectivity index (χ0v) is 20.5. The first-order chi connectivity index (χ1) is 18.3. The van der Waals surface area contributed by atoms with Gasteiger partial charge in [-0.25, -0.2) is 0 Å². The van der Waals surface area contributed by atoms with E-state index in [1.54, 1.807) is 0 Å². The van der Waals surface area contributed by atoms with E-state index in [2.05, 4.69) is 143 Å². The highest BCUT2D eigenvalue weighted by molar-refractivity contribution is 6.27. The fourth-order valence-corrected chi connectivity index (χ4v) is 6.29. The molecule has 0 aliphatic carbocycles. The highest BCUT2D eigenvalue weighted by Crippen LogP contribution is 2.44. The first-order valence-corrected chi connectivity index (χ1v) is 12.8. The van der Waals surface area contributed by atoms with E-state index in [1.165, 1.54) is 71.3 Å². The molecule has 8 rings (SSSR count). The number of hydrogen-bond acceptors (Lipinski definition) is 0. The number of hydrogen-bond donors (Lipinski definition) is 0. The SMILES string of the molecule is Cc1cc2c3ccccc3n(-c3ccccc3)c2c2c1c1ccc3ccccc3c1n2-c1ccccc1. The van der Waals surface area contributed by atoms with Crippen LogP contribution in [0.4, 0.5) is 0 Å². The number of aryl methyl sites for hydroxylation is 1. The molecule has 0 aliphatic heterocycles. The lowest BCUT2D eigenvalue weighted by molar-refractivity contribution is 1.15. The van der Waals surface area contributed by atoms with E-state index in [4.69, 9.17) is 0 Å². The Labute approximate surface area is 214 Å². The van der Waals surface area contributed by atoms with Gasteiger partial charge in [-0.15, -0.1) is 0 Å². The minimum Gasteiger partial charge on any atom is -0.307 e. The second-order valence-corrected chi connectivity index (χ2v) is 9.86. The Morgan fingerprint density at radius 2 is 1.05 bits per heavy atom. The van der Waals surface area contributed by atoms with Crippen molar-refractivity contribution >= 4 is 54.4 Å². The number of rotatable bonds is 2. The standard InChI is InChI=1S/C35H24N2/c1-23-22-30-28-18-10-11-19-31(28)36(25-13-4-2-5-14-25)34(30)35-32(23)29-21-20-24-12-8-9-17-27(24)33(29)37(35)26-15-6-3-7-16-26/h2-22H,1H3. The third-order valence-corrected chi connectivity index (χ3v) is 7.78. The fraction of sp³-hybridized carbons (Fsp3) is 0.0286. The van der Waals surface area contributed by atoms with Gasteiger partial charge in [-0.1, -0.05) is 91.0 Å². The molecule has 0 saturated carbocycles. The molecule has 0 aliphatic rings. The van der Waals surface area contributed by atoms with Crippen molar-refractivity contribution in [3.8, 4) is 11.4 Å². The summed E-state index contributed by atoms with van der Waals surface area (Å²) in [4.78, 5) is 0. The zero-order valence-electron chi connectivity index (χ0n) is 20.5. The molecule has 6 aromatic carbocycles. The Kier molecular flexibility index (Phi) is 4.18. The number of aromatic nitrogens is 2. The lowest BCUT2D eigenvalue weighted by atomic mass is 10.0. The molecule has 2 nitrogen and oxygen atoms in total. The second-order valence-electron chi connectivity index (χ2n) is 9.86. The van der Waals surface area contributed by atoms with E-state index in [0.29, 0.717) is 0 Å². The number of fused-ring (bicyclic) bond motifs is 9. The zero-order chi connectivity index (χ0) is 24.5. The molecule has 0 spiro atoms. The Morgan fingerprint density at radius 1 is 0.432 bits per heavy atom. The summed E-state index contributed by atoms with van der Waals surface area (Å²) in [5, 5.41) is 7.70. The van der Waals surface area contributed by atoms with Crippen molar-refractivity contribution in [3.05, 3.63) is 133 Å². The van der Waals surface area contributed by atoms with Crippen molar-refractivity contribution in [3.63, 3.8) is 0 Å². The minimum atomic E-state index is 1.17. The predicted molar refractivity (Wildman–Crippen MR) is 157 cm³/mol. The van der Waals surface area contributed by atoms with Crippen molar-refractivity contribution in [2.24, 2.45) is 0 Å². The summed E-state index contributed by atoms with van der Waals surface area (Å²) in [6.07, 6.45) is 0. The van der Waals surface area contributed by atoms with Crippen LogP contribution in [0.2, 0.25) is 0 Å². The first kappa shape index (κ1) is 20.4. The molecule has 0 atom stereocenters. The maximum atomic E-state index is 2.50. The molecule has 174 valence electrons. The molecule has 2 aromatic heterocycles. The molecule has 0 saturated heterocycles.